The van der Waals surface area contributed by atoms with Gasteiger partial charge in [-0.15, -0.1) is 0 Å². The predicted octanol–water partition coefficient (Wildman–Crippen LogP) is 5.16. The average molecular weight is 434 g/mol. The van der Waals surface area contributed by atoms with Crippen LogP contribution in [-0.2, 0) is 13.0 Å². The van der Waals surface area contributed by atoms with E-state index < -0.39 is 5.97 Å². The normalized spacial score (nSPS) is 14.7. The number of benzene rings is 2. The Hall–Kier alpha value is -3.15. The van der Waals surface area contributed by atoms with Crippen LogP contribution in [0.5, 0.6) is 0 Å². The minimum atomic E-state index is -0.940. The molecule has 1 N–H and O–H groups in total. The second-order valence-electron chi connectivity index (χ2n) is 9.17. The zero-order valence-corrected chi connectivity index (χ0v) is 18.8. The molecule has 1 aliphatic rings. The summed E-state index contributed by atoms with van der Waals surface area (Å²) >= 11 is 0. The summed E-state index contributed by atoms with van der Waals surface area (Å²) in [4.78, 5) is 24.8. The van der Waals surface area contributed by atoms with E-state index in [-0.39, 0.29) is 17.3 Å². The maximum absolute atomic E-state index is 13.3. The number of aromatic carboxylic acids is 1. The van der Waals surface area contributed by atoms with Gasteiger partial charge in [-0.05, 0) is 41.5 Å². The van der Waals surface area contributed by atoms with Crippen LogP contribution in [0.4, 0.5) is 0 Å². The number of nitrogens with zero attached hydrogens (tertiary/aromatic N) is 3. The van der Waals surface area contributed by atoms with Gasteiger partial charge in [-0.3, -0.25) is 4.57 Å². The molecule has 3 aromatic rings. The highest BCUT2D eigenvalue weighted by Gasteiger charge is 2.23. The number of hydrogen-bond acceptors (Lipinski definition) is 3. The Morgan fingerprint density at radius 3 is 2.41 bits per heavy atom. The third-order valence-corrected chi connectivity index (χ3v) is 6.24. The molecule has 2 aromatic carbocycles. The van der Waals surface area contributed by atoms with Crippen LogP contribution < -0.4 is 5.69 Å². The van der Waals surface area contributed by atoms with Crippen LogP contribution in [0.25, 0.3) is 11.1 Å². The van der Waals surface area contributed by atoms with Crippen molar-refractivity contribution in [1.29, 1.82) is 0 Å². The second-order valence-corrected chi connectivity index (χ2v) is 9.17. The molecule has 0 bridgehead atoms. The molecule has 6 heteroatoms. The van der Waals surface area contributed by atoms with Crippen molar-refractivity contribution in [1.82, 2.24) is 14.3 Å². The highest BCUT2D eigenvalue weighted by Crippen LogP contribution is 2.27. The predicted molar refractivity (Wildman–Crippen MR) is 125 cm³/mol. The van der Waals surface area contributed by atoms with Crippen molar-refractivity contribution in [3.05, 3.63) is 76.0 Å². The van der Waals surface area contributed by atoms with Crippen LogP contribution in [0.2, 0.25) is 0 Å². The first-order chi connectivity index (χ1) is 15.4. The molecule has 1 fully saturated rings. The van der Waals surface area contributed by atoms with E-state index in [1.54, 1.807) is 16.8 Å². The van der Waals surface area contributed by atoms with Crippen LogP contribution in [0.1, 0.15) is 73.7 Å². The molecule has 168 valence electrons. The van der Waals surface area contributed by atoms with E-state index in [1.807, 2.05) is 41.0 Å². The summed E-state index contributed by atoms with van der Waals surface area (Å²) in [5.74, 6) is 0.311. The van der Waals surface area contributed by atoms with E-state index in [9.17, 15) is 14.7 Å². The van der Waals surface area contributed by atoms with E-state index in [2.05, 4.69) is 13.8 Å². The molecule has 1 aromatic heterocycles. The van der Waals surface area contributed by atoms with Gasteiger partial charge in [0.25, 0.3) is 0 Å². The van der Waals surface area contributed by atoms with Gasteiger partial charge in [0.1, 0.15) is 5.82 Å². The van der Waals surface area contributed by atoms with Crippen molar-refractivity contribution in [3.8, 4) is 11.1 Å². The minimum Gasteiger partial charge on any atom is -0.478 e. The molecular formula is C26H31N3O3. The SMILES string of the molecule is CC(C)Cc1nn(C2CCCCC2)c(=O)n1Cc1ccc(-c2ccccc2C(=O)O)cc1. The number of rotatable bonds is 7. The maximum atomic E-state index is 13.3. The van der Waals surface area contributed by atoms with E-state index in [0.29, 0.717) is 18.0 Å². The van der Waals surface area contributed by atoms with Gasteiger partial charge in [-0.1, -0.05) is 75.6 Å². The Morgan fingerprint density at radius 1 is 1.06 bits per heavy atom. The lowest BCUT2D eigenvalue weighted by atomic mass is 9.96. The lowest BCUT2D eigenvalue weighted by Gasteiger charge is -2.20. The lowest BCUT2D eigenvalue weighted by Crippen LogP contribution is -2.30. The topological polar surface area (TPSA) is 77.1 Å². The fraction of sp³-hybridized carbons (Fsp3) is 0.423. The molecule has 0 aliphatic heterocycles. The van der Waals surface area contributed by atoms with Crippen LogP contribution >= 0.6 is 0 Å². The van der Waals surface area contributed by atoms with Crippen molar-refractivity contribution in [2.24, 2.45) is 5.92 Å². The van der Waals surface area contributed by atoms with Crippen LogP contribution in [0.3, 0.4) is 0 Å². The minimum absolute atomic E-state index is 0.0205. The summed E-state index contributed by atoms with van der Waals surface area (Å²) < 4.78 is 3.54. The van der Waals surface area contributed by atoms with Gasteiger partial charge in [-0.2, -0.15) is 5.10 Å². The van der Waals surface area contributed by atoms with Crippen molar-refractivity contribution >= 4 is 5.97 Å². The highest BCUT2D eigenvalue weighted by molar-refractivity contribution is 5.95. The number of hydrogen-bond donors (Lipinski definition) is 1. The fourth-order valence-electron chi connectivity index (χ4n) is 4.59. The van der Waals surface area contributed by atoms with E-state index >= 15 is 0 Å². The van der Waals surface area contributed by atoms with Crippen molar-refractivity contribution in [2.45, 2.75) is 65.0 Å². The van der Waals surface area contributed by atoms with Crippen LogP contribution in [0, 0.1) is 5.92 Å². The molecule has 0 radical (unpaired) electrons. The van der Waals surface area contributed by atoms with Gasteiger partial charge in [0.2, 0.25) is 0 Å². The molecule has 0 spiro atoms. The molecule has 0 unspecified atom stereocenters. The van der Waals surface area contributed by atoms with Gasteiger partial charge in [0, 0.05) is 6.42 Å². The zero-order chi connectivity index (χ0) is 22.7. The maximum Gasteiger partial charge on any atom is 0.346 e. The standard InChI is InChI=1S/C26H31N3O3/c1-18(2)16-24-27-29(21-8-4-3-5-9-21)26(32)28(24)17-19-12-14-20(15-13-19)22-10-6-7-11-23(22)25(30)31/h6-7,10-15,18,21H,3-5,8-9,16-17H2,1-2H3,(H,30,31). The Balaban J connectivity index is 1.63. The molecule has 0 atom stereocenters. The Morgan fingerprint density at radius 2 is 1.75 bits per heavy atom. The first kappa shape index (κ1) is 22.1. The molecule has 1 aliphatic carbocycles. The monoisotopic (exact) mass is 433 g/mol. The Kier molecular flexibility index (Phi) is 6.58. The molecule has 0 amide bonds. The fourth-order valence-corrected chi connectivity index (χ4v) is 4.59. The third-order valence-electron chi connectivity index (χ3n) is 6.24. The average Bonchev–Trinajstić information content (AvgIpc) is 3.09. The molecule has 32 heavy (non-hydrogen) atoms. The van der Waals surface area contributed by atoms with E-state index in [4.69, 9.17) is 5.10 Å². The molecule has 1 heterocycles. The summed E-state index contributed by atoms with van der Waals surface area (Å²) in [6.45, 7) is 4.75. The zero-order valence-electron chi connectivity index (χ0n) is 18.8. The van der Waals surface area contributed by atoms with Crippen molar-refractivity contribution in [2.75, 3.05) is 0 Å². The molecule has 1 saturated carbocycles. The first-order valence-electron chi connectivity index (χ1n) is 11.5. The summed E-state index contributed by atoms with van der Waals surface area (Å²) in [5.41, 5.74) is 2.79. The summed E-state index contributed by atoms with van der Waals surface area (Å²) in [7, 11) is 0. The Labute approximate surface area is 188 Å². The molecule has 6 nitrogen and oxygen atoms in total. The molecule has 4 rings (SSSR count). The summed E-state index contributed by atoms with van der Waals surface area (Å²) in [6, 6.07) is 15.0. The summed E-state index contributed by atoms with van der Waals surface area (Å²) in [5, 5.41) is 14.2. The lowest BCUT2D eigenvalue weighted by molar-refractivity contribution is 0.0697. The Bertz CT molecular complexity index is 1140. The first-order valence-corrected chi connectivity index (χ1v) is 11.5. The number of carbonyl (C=O) groups is 1. The number of carboxylic acid groups (broad SMARTS) is 1. The van der Waals surface area contributed by atoms with Crippen LogP contribution in [-0.4, -0.2) is 25.4 Å². The van der Waals surface area contributed by atoms with Gasteiger partial charge >= 0.3 is 11.7 Å². The highest BCUT2D eigenvalue weighted by atomic mass is 16.4. The van der Waals surface area contributed by atoms with E-state index in [1.165, 1.54) is 6.42 Å². The van der Waals surface area contributed by atoms with Crippen molar-refractivity contribution in [3.63, 3.8) is 0 Å². The quantitative estimate of drug-likeness (QED) is 0.558. The molecular weight excluding hydrogens is 402 g/mol. The second kappa shape index (κ2) is 9.55. The summed E-state index contributed by atoms with van der Waals surface area (Å²) in [6.07, 6.45) is 6.36. The van der Waals surface area contributed by atoms with Gasteiger partial charge < -0.3 is 5.11 Å². The number of carboxylic acids is 1. The van der Waals surface area contributed by atoms with Gasteiger partial charge in [0.05, 0.1) is 18.2 Å². The van der Waals surface area contributed by atoms with Crippen molar-refractivity contribution < 1.29 is 9.90 Å². The largest absolute Gasteiger partial charge is 0.478 e. The third kappa shape index (κ3) is 4.69. The van der Waals surface area contributed by atoms with E-state index in [0.717, 1.165) is 49.1 Å². The number of aromatic nitrogens is 3. The van der Waals surface area contributed by atoms with Gasteiger partial charge in [-0.25, -0.2) is 14.3 Å². The smallest absolute Gasteiger partial charge is 0.346 e. The van der Waals surface area contributed by atoms with Gasteiger partial charge in [0.15, 0.2) is 0 Å². The van der Waals surface area contributed by atoms with Crippen LogP contribution in [0.15, 0.2) is 53.3 Å². The molecule has 0 saturated heterocycles.